The van der Waals surface area contributed by atoms with Gasteiger partial charge in [-0.2, -0.15) is 0 Å². The zero-order valence-electron chi connectivity index (χ0n) is 4.92. The maximum atomic E-state index is 10.6. The molecular weight excluding hydrogens is 104 g/mol. The summed E-state index contributed by atoms with van der Waals surface area (Å²) < 4.78 is 0. The number of nitrogens with two attached hydrogens (primary N) is 1. The highest BCUT2D eigenvalue weighted by atomic mass is 16.2. The molecule has 1 saturated heterocycles. The van der Waals surface area contributed by atoms with Gasteiger partial charge >= 0.3 is 0 Å². The van der Waals surface area contributed by atoms with Gasteiger partial charge in [0.25, 0.3) is 0 Å². The molecule has 1 fully saturated rings. The monoisotopic (exact) mass is 114 g/mol. The van der Waals surface area contributed by atoms with Crippen molar-refractivity contribution in [2.75, 3.05) is 7.05 Å². The van der Waals surface area contributed by atoms with E-state index >= 15 is 0 Å². The van der Waals surface area contributed by atoms with Gasteiger partial charge in [0.1, 0.15) is 0 Å². The summed E-state index contributed by atoms with van der Waals surface area (Å²) in [6.45, 7) is 0. The SMILES string of the molecule is CN1C(=O)CCC1N. The highest BCUT2D eigenvalue weighted by molar-refractivity contribution is 5.78. The summed E-state index contributed by atoms with van der Waals surface area (Å²) in [6.07, 6.45) is 1.41. The minimum Gasteiger partial charge on any atom is -0.330 e. The maximum Gasteiger partial charge on any atom is 0.223 e. The van der Waals surface area contributed by atoms with Crippen molar-refractivity contribution in [3.05, 3.63) is 0 Å². The number of rotatable bonds is 0. The number of nitrogens with zero attached hydrogens (tertiary/aromatic N) is 1. The number of hydrogen-bond donors (Lipinski definition) is 1. The van der Waals surface area contributed by atoms with E-state index in [1.807, 2.05) is 0 Å². The molecule has 0 aromatic heterocycles. The van der Waals surface area contributed by atoms with E-state index in [4.69, 9.17) is 5.73 Å². The van der Waals surface area contributed by atoms with Gasteiger partial charge in [-0.05, 0) is 6.42 Å². The third-order valence-electron chi connectivity index (χ3n) is 1.54. The highest BCUT2D eigenvalue weighted by Crippen LogP contribution is 2.10. The Bertz CT molecular complexity index is 113. The van der Waals surface area contributed by atoms with Gasteiger partial charge in [-0.3, -0.25) is 4.79 Å². The van der Waals surface area contributed by atoms with E-state index in [1.165, 1.54) is 0 Å². The molecule has 1 unspecified atom stereocenters. The van der Waals surface area contributed by atoms with Crippen LogP contribution in [0.4, 0.5) is 0 Å². The standard InChI is InChI=1S/C5H10N2O/c1-7-4(6)2-3-5(7)8/h4H,2-3,6H2,1H3. The van der Waals surface area contributed by atoms with Crippen molar-refractivity contribution in [3.8, 4) is 0 Å². The van der Waals surface area contributed by atoms with Gasteiger partial charge in [-0.25, -0.2) is 0 Å². The summed E-state index contributed by atoms with van der Waals surface area (Å²) in [5.74, 6) is 0.164. The number of carbonyl (C=O) groups excluding carboxylic acids is 1. The Morgan fingerprint density at radius 3 is 2.62 bits per heavy atom. The largest absolute Gasteiger partial charge is 0.330 e. The van der Waals surface area contributed by atoms with E-state index in [0.29, 0.717) is 6.42 Å². The summed E-state index contributed by atoms with van der Waals surface area (Å²) in [6, 6.07) is 0. The lowest BCUT2D eigenvalue weighted by Gasteiger charge is -2.13. The van der Waals surface area contributed by atoms with Crippen LogP contribution >= 0.6 is 0 Å². The van der Waals surface area contributed by atoms with Crippen molar-refractivity contribution < 1.29 is 4.79 Å². The van der Waals surface area contributed by atoms with Crippen LogP contribution in [-0.4, -0.2) is 24.0 Å². The van der Waals surface area contributed by atoms with E-state index in [9.17, 15) is 4.79 Å². The number of hydrogen-bond acceptors (Lipinski definition) is 2. The normalized spacial score (nSPS) is 29.5. The first-order valence-electron chi connectivity index (χ1n) is 2.73. The van der Waals surface area contributed by atoms with Gasteiger partial charge in [0.05, 0.1) is 6.17 Å². The van der Waals surface area contributed by atoms with Crippen LogP contribution in [0, 0.1) is 0 Å². The molecule has 3 heteroatoms. The topological polar surface area (TPSA) is 46.3 Å². The third-order valence-corrected chi connectivity index (χ3v) is 1.54. The summed E-state index contributed by atoms with van der Waals surface area (Å²) in [5.41, 5.74) is 5.47. The van der Waals surface area contributed by atoms with Crippen molar-refractivity contribution in [1.29, 1.82) is 0 Å². The molecule has 0 aliphatic carbocycles. The van der Waals surface area contributed by atoms with Crippen LogP contribution in [0.25, 0.3) is 0 Å². The summed E-state index contributed by atoms with van der Waals surface area (Å²) >= 11 is 0. The number of likely N-dealkylation sites (tertiary alicyclic amines) is 1. The Balaban J connectivity index is 2.56. The molecule has 2 N–H and O–H groups in total. The lowest BCUT2D eigenvalue weighted by molar-refractivity contribution is -0.127. The van der Waals surface area contributed by atoms with E-state index < -0.39 is 0 Å². The quantitative estimate of drug-likeness (QED) is 0.462. The molecule has 1 rings (SSSR count). The zero-order chi connectivity index (χ0) is 6.15. The second kappa shape index (κ2) is 1.74. The number of amides is 1. The molecule has 46 valence electrons. The Morgan fingerprint density at radius 2 is 2.50 bits per heavy atom. The fraction of sp³-hybridized carbons (Fsp3) is 0.800. The van der Waals surface area contributed by atoms with Gasteiger partial charge in [0.2, 0.25) is 5.91 Å². The van der Waals surface area contributed by atoms with Gasteiger partial charge in [-0.15, -0.1) is 0 Å². The van der Waals surface area contributed by atoms with Crippen LogP contribution in [0.2, 0.25) is 0 Å². The Hall–Kier alpha value is -0.570. The second-order valence-electron chi connectivity index (χ2n) is 2.11. The van der Waals surface area contributed by atoms with Crippen molar-refractivity contribution in [2.24, 2.45) is 5.73 Å². The molecule has 3 nitrogen and oxygen atoms in total. The molecule has 0 radical (unpaired) electrons. The Kier molecular flexibility index (Phi) is 1.21. The van der Waals surface area contributed by atoms with E-state index in [0.717, 1.165) is 6.42 Å². The van der Waals surface area contributed by atoms with E-state index in [-0.39, 0.29) is 12.1 Å². The summed E-state index contributed by atoms with van der Waals surface area (Å²) in [4.78, 5) is 12.2. The van der Waals surface area contributed by atoms with Crippen LogP contribution in [-0.2, 0) is 4.79 Å². The molecule has 1 aliphatic heterocycles. The summed E-state index contributed by atoms with van der Waals surface area (Å²) in [7, 11) is 1.74. The predicted octanol–water partition coefficient (Wildman–Crippen LogP) is -0.477. The molecule has 8 heavy (non-hydrogen) atoms. The number of carbonyl (C=O) groups is 1. The van der Waals surface area contributed by atoms with Crippen molar-refractivity contribution >= 4 is 5.91 Å². The molecule has 1 amide bonds. The second-order valence-corrected chi connectivity index (χ2v) is 2.11. The molecule has 1 atom stereocenters. The summed E-state index contributed by atoms with van der Waals surface area (Å²) in [5, 5.41) is 0. The molecule has 1 aliphatic rings. The van der Waals surface area contributed by atoms with Crippen LogP contribution in [0.5, 0.6) is 0 Å². The third kappa shape index (κ3) is 0.690. The van der Waals surface area contributed by atoms with Crippen molar-refractivity contribution in [2.45, 2.75) is 19.0 Å². The van der Waals surface area contributed by atoms with Crippen molar-refractivity contribution in [1.82, 2.24) is 4.90 Å². The zero-order valence-corrected chi connectivity index (χ0v) is 4.92. The highest BCUT2D eigenvalue weighted by Gasteiger charge is 2.23. The van der Waals surface area contributed by atoms with Crippen LogP contribution in [0.1, 0.15) is 12.8 Å². The molecule has 1 heterocycles. The average Bonchev–Trinajstić information content (AvgIpc) is 1.98. The van der Waals surface area contributed by atoms with Gasteiger partial charge in [-0.1, -0.05) is 0 Å². The van der Waals surface area contributed by atoms with Crippen molar-refractivity contribution in [3.63, 3.8) is 0 Å². The first-order chi connectivity index (χ1) is 3.72. The average molecular weight is 114 g/mol. The predicted molar refractivity (Wildman–Crippen MR) is 30.0 cm³/mol. The molecular formula is C5H10N2O. The minimum atomic E-state index is -0.0255. The molecule has 0 aromatic rings. The first kappa shape index (κ1) is 5.56. The van der Waals surface area contributed by atoms with Gasteiger partial charge in [0.15, 0.2) is 0 Å². The van der Waals surface area contributed by atoms with Gasteiger partial charge in [0, 0.05) is 13.5 Å². The fourth-order valence-electron chi connectivity index (χ4n) is 0.826. The minimum absolute atomic E-state index is 0.0255. The lowest BCUT2D eigenvalue weighted by Crippen LogP contribution is -2.35. The van der Waals surface area contributed by atoms with E-state index in [1.54, 1.807) is 11.9 Å². The van der Waals surface area contributed by atoms with E-state index in [2.05, 4.69) is 0 Å². The molecule has 0 bridgehead atoms. The Morgan fingerprint density at radius 1 is 1.88 bits per heavy atom. The van der Waals surface area contributed by atoms with Crippen LogP contribution in [0.3, 0.4) is 0 Å². The molecule has 0 aromatic carbocycles. The van der Waals surface area contributed by atoms with Gasteiger partial charge < -0.3 is 10.6 Å². The smallest absolute Gasteiger partial charge is 0.223 e. The molecule has 0 spiro atoms. The van der Waals surface area contributed by atoms with Crippen LogP contribution < -0.4 is 5.73 Å². The maximum absolute atomic E-state index is 10.6. The van der Waals surface area contributed by atoms with Crippen LogP contribution in [0.15, 0.2) is 0 Å². The molecule has 0 saturated carbocycles. The fourth-order valence-corrected chi connectivity index (χ4v) is 0.826. The Labute approximate surface area is 48.5 Å². The first-order valence-corrected chi connectivity index (χ1v) is 2.73. The lowest BCUT2D eigenvalue weighted by atomic mass is 10.3.